The summed E-state index contributed by atoms with van der Waals surface area (Å²) in [7, 11) is 1.61. The third-order valence-corrected chi connectivity index (χ3v) is 7.65. The Morgan fingerprint density at radius 2 is 1.40 bits per heavy atom. The highest BCUT2D eigenvalue weighted by Gasteiger charge is 2.26. The molecule has 2 aromatic rings. The molecule has 9 nitrogen and oxygen atoms in total. The highest BCUT2D eigenvalue weighted by molar-refractivity contribution is 7.12. The smallest absolute Gasteiger partial charge is 0.410 e. The van der Waals surface area contributed by atoms with E-state index in [0.717, 1.165) is 22.3 Å². The molecule has 0 spiro atoms. The summed E-state index contributed by atoms with van der Waals surface area (Å²) in [6.07, 6.45) is 4.78. The maximum atomic E-state index is 13.1. The minimum Gasteiger partial charge on any atom is -0.496 e. The third-order valence-electron chi connectivity index (χ3n) is 6.72. The van der Waals surface area contributed by atoms with E-state index in [4.69, 9.17) is 14.2 Å². The first-order valence-electron chi connectivity index (χ1n) is 14.1. The van der Waals surface area contributed by atoms with E-state index < -0.39 is 11.2 Å². The van der Waals surface area contributed by atoms with E-state index in [2.05, 4.69) is 5.32 Å². The minimum atomic E-state index is -0.534. The third kappa shape index (κ3) is 8.15. The molecule has 2 aliphatic rings. The van der Waals surface area contributed by atoms with Gasteiger partial charge in [-0.2, -0.15) is 0 Å². The average Bonchev–Trinajstić information content (AvgIpc) is 3.42. The first-order chi connectivity index (χ1) is 19.7. The van der Waals surface area contributed by atoms with Gasteiger partial charge >= 0.3 is 12.2 Å². The lowest BCUT2D eigenvalue weighted by Crippen LogP contribution is -2.39. The lowest BCUT2D eigenvalue weighted by Gasteiger charge is -2.30. The Morgan fingerprint density at radius 3 is 1.90 bits per heavy atom. The number of rotatable bonds is 5. The number of hydrogen-bond acceptors (Lipinski definition) is 7. The lowest BCUT2D eigenvalue weighted by atomic mass is 9.98. The van der Waals surface area contributed by atoms with Gasteiger partial charge in [0.15, 0.2) is 0 Å². The van der Waals surface area contributed by atoms with Crippen LogP contribution in [0.25, 0.3) is 11.1 Å². The van der Waals surface area contributed by atoms with Crippen molar-refractivity contribution in [1.82, 2.24) is 9.80 Å². The number of carbonyl (C=O) groups excluding carboxylic acids is 3. The largest absolute Gasteiger partial charge is 0.496 e. The molecule has 3 heterocycles. The summed E-state index contributed by atoms with van der Waals surface area (Å²) >= 11 is 1.39. The maximum Gasteiger partial charge on any atom is 0.410 e. The normalized spacial score (nSPS) is 15.9. The van der Waals surface area contributed by atoms with E-state index in [0.29, 0.717) is 55.3 Å². The number of amides is 3. The van der Waals surface area contributed by atoms with Crippen LogP contribution in [0.3, 0.4) is 0 Å². The highest BCUT2D eigenvalue weighted by atomic mass is 32.1. The number of ether oxygens (including phenoxy) is 3. The van der Waals surface area contributed by atoms with Crippen LogP contribution in [0.2, 0.25) is 0 Å². The first-order valence-corrected chi connectivity index (χ1v) is 15.0. The van der Waals surface area contributed by atoms with Crippen LogP contribution in [0.4, 0.5) is 15.3 Å². The Kier molecular flexibility index (Phi) is 9.35. The summed E-state index contributed by atoms with van der Waals surface area (Å²) in [6.45, 7) is 13.2. The van der Waals surface area contributed by atoms with E-state index in [1.165, 1.54) is 11.3 Å². The molecule has 0 aliphatic carbocycles. The summed E-state index contributed by atoms with van der Waals surface area (Å²) in [5.74, 6) is 0.455. The Balaban J connectivity index is 1.37. The molecule has 0 saturated carbocycles. The number of methoxy groups -OCH3 is 1. The summed E-state index contributed by atoms with van der Waals surface area (Å²) in [6, 6.07) is 7.51. The lowest BCUT2D eigenvalue weighted by molar-refractivity contribution is 0.0260. The van der Waals surface area contributed by atoms with E-state index in [1.54, 1.807) is 16.9 Å². The van der Waals surface area contributed by atoms with Crippen molar-refractivity contribution >= 4 is 46.3 Å². The van der Waals surface area contributed by atoms with Crippen molar-refractivity contribution < 1.29 is 28.6 Å². The van der Waals surface area contributed by atoms with E-state index in [1.807, 2.05) is 83.3 Å². The van der Waals surface area contributed by atoms with E-state index >= 15 is 0 Å². The summed E-state index contributed by atoms with van der Waals surface area (Å²) in [5, 5.41) is 4.96. The number of nitrogens with zero attached hydrogens (tertiary/aromatic N) is 2. The minimum absolute atomic E-state index is 0.197. The van der Waals surface area contributed by atoms with Gasteiger partial charge in [-0.3, -0.25) is 4.79 Å². The molecule has 42 heavy (non-hydrogen) atoms. The van der Waals surface area contributed by atoms with Crippen molar-refractivity contribution in [1.29, 1.82) is 0 Å². The second kappa shape index (κ2) is 12.6. The van der Waals surface area contributed by atoms with Crippen LogP contribution in [-0.2, 0) is 9.47 Å². The van der Waals surface area contributed by atoms with Crippen molar-refractivity contribution in [2.75, 3.05) is 38.6 Å². The number of thiophene rings is 1. The number of benzene rings is 1. The summed E-state index contributed by atoms with van der Waals surface area (Å²) in [4.78, 5) is 41.8. The quantitative estimate of drug-likeness (QED) is 0.398. The van der Waals surface area contributed by atoms with Gasteiger partial charge in [0, 0.05) is 43.5 Å². The first kappa shape index (κ1) is 31.2. The number of carbonyl (C=O) groups is 3. The monoisotopic (exact) mass is 595 g/mol. The Labute approximate surface area is 252 Å². The number of anilines is 1. The van der Waals surface area contributed by atoms with Crippen LogP contribution in [0.1, 0.15) is 75.2 Å². The fourth-order valence-corrected chi connectivity index (χ4v) is 5.51. The fraction of sp³-hybridized carbons (Fsp3) is 0.469. The molecule has 226 valence electrons. The van der Waals surface area contributed by atoms with Gasteiger partial charge in [0.2, 0.25) is 0 Å². The van der Waals surface area contributed by atoms with Gasteiger partial charge in [-0.25, -0.2) is 9.59 Å². The predicted octanol–water partition coefficient (Wildman–Crippen LogP) is 7.06. The number of nitrogens with one attached hydrogen (secondary N) is 1. The molecule has 1 N–H and O–H groups in total. The van der Waals surface area contributed by atoms with Gasteiger partial charge < -0.3 is 29.3 Å². The van der Waals surface area contributed by atoms with Gasteiger partial charge in [0.1, 0.15) is 17.0 Å². The Morgan fingerprint density at radius 1 is 0.833 bits per heavy atom. The Bertz CT molecular complexity index is 1400. The van der Waals surface area contributed by atoms with Gasteiger partial charge in [0.25, 0.3) is 5.91 Å². The molecule has 0 bridgehead atoms. The van der Waals surface area contributed by atoms with Gasteiger partial charge in [-0.05, 0) is 94.7 Å². The second-order valence-corrected chi connectivity index (χ2v) is 13.3. The summed E-state index contributed by atoms with van der Waals surface area (Å²) < 4.78 is 16.6. The molecule has 10 heteroatoms. The topological polar surface area (TPSA) is 97.4 Å². The molecule has 2 aliphatic heterocycles. The zero-order valence-corrected chi connectivity index (χ0v) is 26.4. The van der Waals surface area contributed by atoms with Crippen molar-refractivity contribution in [3.8, 4) is 5.75 Å². The predicted molar refractivity (Wildman–Crippen MR) is 166 cm³/mol. The molecule has 0 fully saturated rings. The molecule has 1 aromatic carbocycles. The molecular weight excluding hydrogens is 554 g/mol. The zero-order chi connectivity index (χ0) is 30.7. The van der Waals surface area contributed by atoms with Crippen molar-refractivity contribution in [2.45, 2.75) is 65.6 Å². The van der Waals surface area contributed by atoms with Crippen LogP contribution in [0, 0.1) is 0 Å². The molecule has 0 unspecified atom stereocenters. The summed E-state index contributed by atoms with van der Waals surface area (Å²) in [5.41, 5.74) is 3.69. The standard InChI is InChI=1S/C32H41N3O6S/c1-31(2,3)40-29(37)34-14-10-21(11-15-34)23-18-27(42-20-23)28(36)33-24-8-9-25(26(19-24)39-7)22-12-16-35(17-13-22)30(38)41-32(4,5)6/h8-10,12,18-20H,11,13-17H2,1-7H3,(H,33,36). The van der Waals surface area contributed by atoms with Gasteiger partial charge in [-0.15, -0.1) is 11.3 Å². The van der Waals surface area contributed by atoms with Crippen LogP contribution in [-0.4, -0.2) is 72.4 Å². The number of hydrogen-bond donors (Lipinski definition) is 1. The highest BCUT2D eigenvalue weighted by Crippen LogP contribution is 2.34. The molecule has 1 aromatic heterocycles. The molecular formula is C32H41N3O6S. The van der Waals surface area contributed by atoms with Gasteiger partial charge in [0.05, 0.1) is 12.0 Å². The van der Waals surface area contributed by atoms with Crippen LogP contribution in [0.5, 0.6) is 5.75 Å². The van der Waals surface area contributed by atoms with Crippen molar-refractivity contribution in [3.63, 3.8) is 0 Å². The molecule has 0 atom stereocenters. The molecule has 0 radical (unpaired) electrons. The van der Waals surface area contributed by atoms with Crippen LogP contribution in [0.15, 0.2) is 41.8 Å². The SMILES string of the molecule is COc1cc(NC(=O)c2cc(C3=CCN(C(=O)OC(C)(C)C)CC3)cs2)ccc1C1=CCN(C(=O)OC(C)(C)C)CC1. The molecule has 4 rings (SSSR count). The average molecular weight is 596 g/mol. The fourth-order valence-electron chi connectivity index (χ4n) is 4.68. The van der Waals surface area contributed by atoms with Crippen molar-refractivity contribution in [3.05, 3.63) is 57.8 Å². The van der Waals surface area contributed by atoms with Gasteiger partial charge in [-0.1, -0.05) is 12.2 Å². The second-order valence-electron chi connectivity index (χ2n) is 12.4. The van der Waals surface area contributed by atoms with E-state index in [9.17, 15) is 14.4 Å². The molecule has 3 amide bonds. The van der Waals surface area contributed by atoms with Crippen LogP contribution >= 0.6 is 11.3 Å². The Hall–Kier alpha value is -3.79. The molecule has 0 saturated heterocycles. The van der Waals surface area contributed by atoms with E-state index in [-0.39, 0.29) is 18.1 Å². The van der Waals surface area contributed by atoms with Crippen LogP contribution < -0.4 is 10.1 Å². The maximum absolute atomic E-state index is 13.1. The zero-order valence-electron chi connectivity index (χ0n) is 25.5. The van der Waals surface area contributed by atoms with Crippen molar-refractivity contribution in [2.24, 2.45) is 0 Å².